The molecule has 3 heterocycles. The second-order valence-corrected chi connectivity index (χ2v) is 8.35. The van der Waals surface area contributed by atoms with Gasteiger partial charge >= 0.3 is 0 Å². The van der Waals surface area contributed by atoms with Gasteiger partial charge in [-0.1, -0.05) is 17.7 Å². The maximum atomic E-state index is 5.01. The van der Waals surface area contributed by atoms with Crippen molar-refractivity contribution >= 4 is 16.6 Å². The summed E-state index contributed by atoms with van der Waals surface area (Å²) in [5.41, 5.74) is 6.90. The standard InChI is InChI=1S/C24H26N5/c1-16-9-10-18(22-25-12-6-13-26-22)20(15-16)29-14-5-11-24(29,3)23-27-19-8-4-7-17(2)21(19)28-23/h4,6-8,10,12-13,15H,5,9,11,14H2,1-3H3,(H,27,28)/t24-/m0/s1. The monoisotopic (exact) mass is 384 g/mol. The summed E-state index contributed by atoms with van der Waals surface area (Å²) in [5, 5.41) is 0. The highest BCUT2D eigenvalue weighted by Gasteiger charge is 2.42. The lowest BCUT2D eigenvalue weighted by Gasteiger charge is -2.38. The van der Waals surface area contributed by atoms with E-state index in [1.807, 2.05) is 18.5 Å². The number of para-hydroxylation sites is 1. The number of nitrogens with zero attached hydrogens (tertiary/aromatic N) is 4. The molecule has 5 nitrogen and oxygen atoms in total. The molecule has 0 unspecified atom stereocenters. The van der Waals surface area contributed by atoms with Gasteiger partial charge in [0.1, 0.15) is 5.82 Å². The van der Waals surface area contributed by atoms with Crippen molar-refractivity contribution in [3.63, 3.8) is 0 Å². The molecule has 1 atom stereocenters. The Hall–Kier alpha value is -2.95. The minimum atomic E-state index is -0.192. The summed E-state index contributed by atoms with van der Waals surface area (Å²) < 4.78 is 0. The highest BCUT2D eigenvalue weighted by atomic mass is 15.3. The first-order valence-electron chi connectivity index (χ1n) is 10.3. The van der Waals surface area contributed by atoms with E-state index in [0.29, 0.717) is 0 Å². The van der Waals surface area contributed by atoms with Crippen molar-refractivity contribution in [3.05, 3.63) is 77.6 Å². The zero-order chi connectivity index (χ0) is 20.0. The first-order valence-corrected chi connectivity index (χ1v) is 10.3. The summed E-state index contributed by atoms with van der Waals surface area (Å²) in [4.78, 5) is 20.2. The number of aryl methyl sites for hydroxylation is 1. The molecule has 2 aromatic heterocycles. The van der Waals surface area contributed by atoms with Crippen LogP contribution in [0.15, 0.2) is 54.0 Å². The number of imidazole rings is 1. The van der Waals surface area contributed by atoms with E-state index < -0.39 is 0 Å². The number of likely N-dealkylation sites (tertiary alicyclic amines) is 1. The predicted octanol–water partition coefficient (Wildman–Crippen LogP) is 4.94. The quantitative estimate of drug-likeness (QED) is 0.695. The number of nitrogens with one attached hydrogen (secondary N) is 1. The van der Waals surface area contributed by atoms with Crippen molar-refractivity contribution in [2.24, 2.45) is 0 Å². The maximum absolute atomic E-state index is 5.01. The number of H-pyrrole nitrogens is 1. The molecule has 29 heavy (non-hydrogen) atoms. The largest absolute Gasteiger partial charge is 0.359 e. The van der Waals surface area contributed by atoms with Gasteiger partial charge in [0.25, 0.3) is 0 Å². The predicted molar refractivity (Wildman–Crippen MR) is 116 cm³/mol. The van der Waals surface area contributed by atoms with Gasteiger partial charge in [-0.05, 0) is 63.8 Å². The summed E-state index contributed by atoms with van der Waals surface area (Å²) in [7, 11) is 0. The zero-order valence-corrected chi connectivity index (χ0v) is 17.2. The maximum Gasteiger partial charge on any atom is 0.157 e. The SMILES string of the molecule is CC1=CC(N2CCC[C@@]2(C)c2nc3cccc(C)c3[nH]2)=C(c2ncccn2)[CH]C1. The molecule has 1 aliphatic heterocycles. The first kappa shape index (κ1) is 18.1. The number of aromatic nitrogens is 4. The highest BCUT2D eigenvalue weighted by Crippen LogP contribution is 2.44. The molecule has 1 saturated heterocycles. The van der Waals surface area contributed by atoms with Crippen LogP contribution in [0.2, 0.25) is 0 Å². The van der Waals surface area contributed by atoms with Crippen molar-refractivity contribution < 1.29 is 0 Å². The Kier molecular flexibility index (Phi) is 4.26. The van der Waals surface area contributed by atoms with E-state index in [0.717, 1.165) is 54.1 Å². The fourth-order valence-corrected chi connectivity index (χ4v) is 4.63. The summed E-state index contributed by atoms with van der Waals surface area (Å²) in [6.45, 7) is 7.63. The van der Waals surface area contributed by atoms with Crippen LogP contribution in [0.4, 0.5) is 0 Å². The number of benzene rings is 1. The van der Waals surface area contributed by atoms with Gasteiger partial charge in [0.15, 0.2) is 5.82 Å². The molecule has 5 rings (SSSR count). The minimum Gasteiger partial charge on any atom is -0.359 e. The molecule has 5 heteroatoms. The van der Waals surface area contributed by atoms with Crippen molar-refractivity contribution in [3.8, 4) is 0 Å². The van der Waals surface area contributed by atoms with E-state index >= 15 is 0 Å². The van der Waals surface area contributed by atoms with Gasteiger partial charge < -0.3 is 9.88 Å². The first-order chi connectivity index (χ1) is 14.1. The average Bonchev–Trinajstić information content (AvgIpc) is 3.34. The van der Waals surface area contributed by atoms with E-state index in [-0.39, 0.29) is 5.54 Å². The molecule has 0 amide bonds. The Bertz CT molecular complexity index is 1120. The van der Waals surface area contributed by atoms with Crippen LogP contribution in [0, 0.1) is 13.3 Å². The zero-order valence-electron chi connectivity index (χ0n) is 17.2. The van der Waals surface area contributed by atoms with Crippen LogP contribution in [-0.2, 0) is 5.54 Å². The second-order valence-electron chi connectivity index (χ2n) is 8.35. The van der Waals surface area contributed by atoms with Crippen molar-refractivity contribution in [2.45, 2.75) is 45.6 Å². The third-order valence-corrected chi connectivity index (χ3v) is 6.26. The molecule has 1 aromatic carbocycles. The summed E-state index contributed by atoms with van der Waals surface area (Å²) in [6.07, 6.45) is 11.3. The van der Waals surface area contributed by atoms with Crippen LogP contribution in [0.25, 0.3) is 16.6 Å². The van der Waals surface area contributed by atoms with Crippen molar-refractivity contribution in [1.29, 1.82) is 0 Å². The Morgan fingerprint density at radius 3 is 2.72 bits per heavy atom. The molecule has 2 aliphatic rings. The third-order valence-electron chi connectivity index (χ3n) is 6.26. The van der Waals surface area contributed by atoms with Gasteiger partial charge in [-0.2, -0.15) is 0 Å². The Morgan fingerprint density at radius 2 is 1.93 bits per heavy atom. The number of hydrogen-bond donors (Lipinski definition) is 1. The minimum absolute atomic E-state index is 0.192. The van der Waals surface area contributed by atoms with Gasteiger partial charge in [-0.3, -0.25) is 0 Å². The lowest BCUT2D eigenvalue weighted by molar-refractivity contribution is 0.202. The summed E-state index contributed by atoms with van der Waals surface area (Å²) in [6, 6.07) is 8.16. The number of aromatic amines is 1. The lowest BCUT2D eigenvalue weighted by atomic mass is 9.91. The fraction of sp³-hybridized carbons (Fsp3) is 0.333. The molecule has 0 spiro atoms. The molecular formula is C24H26N5. The number of fused-ring (bicyclic) bond motifs is 1. The molecule has 1 radical (unpaired) electrons. The van der Waals surface area contributed by atoms with E-state index in [1.165, 1.54) is 16.8 Å². The topological polar surface area (TPSA) is 57.7 Å². The lowest BCUT2D eigenvalue weighted by Crippen LogP contribution is -2.39. The van der Waals surface area contributed by atoms with E-state index in [1.54, 1.807) is 0 Å². The van der Waals surface area contributed by atoms with E-state index in [2.05, 4.69) is 71.3 Å². The Balaban J connectivity index is 1.65. The second kappa shape index (κ2) is 6.83. The number of allylic oxidation sites excluding steroid dienone is 3. The highest BCUT2D eigenvalue weighted by molar-refractivity contribution is 5.79. The van der Waals surface area contributed by atoms with Gasteiger partial charge in [0.2, 0.25) is 0 Å². The third kappa shape index (κ3) is 2.96. The molecule has 3 aromatic rings. The molecule has 1 aliphatic carbocycles. The van der Waals surface area contributed by atoms with Gasteiger partial charge in [0.05, 0.1) is 16.6 Å². The molecule has 0 bridgehead atoms. The molecule has 1 N–H and O–H groups in total. The van der Waals surface area contributed by atoms with Crippen LogP contribution >= 0.6 is 0 Å². The van der Waals surface area contributed by atoms with Crippen LogP contribution in [0.3, 0.4) is 0 Å². The molecular weight excluding hydrogens is 358 g/mol. The Labute approximate surface area is 171 Å². The van der Waals surface area contributed by atoms with Gasteiger partial charge in [-0.15, -0.1) is 0 Å². The van der Waals surface area contributed by atoms with E-state index in [4.69, 9.17) is 4.98 Å². The van der Waals surface area contributed by atoms with Crippen LogP contribution in [-0.4, -0.2) is 31.4 Å². The van der Waals surface area contributed by atoms with Crippen molar-refractivity contribution in [2.75, 3.05) is 6.54 Å². The Morgan fingerprint density at radius 1 is 1.10 bits per heavy atom. The van der Waals surface area contributed by atoms with Gasteiger partial charge in [-0.25, -0.2) is 15.0 Å². The average molecular weight is 385 g/mol. The normalized spacial score (nSPS) is 22.4. The molecule has 147 valence electrons. The van der Waals surface area contributed by atoms with Crippen molar-refractivity contribution in [1.82, 2.24) is 24.8 Å². The van der Waals surface area contributed by atoms with Gasteiger partial charge in [0, 0.05) is 36.6 Å². The molecule has 0 saturated carbocycles. The smallest absolute Gasteiger partial charge is 0.157 e. The van der Waals surface area contributed by atoms with E-state index in [9.17, 15) is 0 Å². The number of hydrogen-bond acceptors (Lipinski definition) is 4. The van der Waals surface area contributed by atoms with Crippen LogP contribution in [0.1, 0.15) is 50.3 Å². The fourth-order valence-electron chi connectivity index (χ4n) is 4.63. The molecule has 1 fully saturated rings. The summed E-state index contributed by atoms with van der Waals surface area (Å²) >= 11 is 0. The number of rotatable bonds is 3. The van der Waals surface area contributed by atoms with Crippen LogP contribution < -0.4 is 0 Å². The van der Waals surface area contributed by atoms with Crippen LogP contribution in [0.5, 0.6) is 0 Å². The summed E-state index contributed by atoms with van der Waals surface area (Å²) in [5.74, 6) is 1.83.